The molecule has 0 saturated carbocycles. The monoisotopic (exact) mass is 261 g/mol. The number of carbonyl (C=O) groups excluding carboxylic acids is 1. The summed E-state index contributed by atoms with van der Waals surface area (Å²) in [5.41, 5.74) is 1.11. The van der Waals surface area contributed by atoms with E-state index in [0.717, 1.165) is 43.6 Å². The molecule has 1 atom stereocenters. The van der Waals surface area contributed by atoms with Gasteiger partial charge in [0.25, 0.3) is 0 Å². The van der Waals surface area contributed by atoms with Gasteiger partial charge < -0.3 is 10.1 Å². The molecule has 3 heteroatoms. The molecule has 0 aliphatic carbocycles. The Morgan fingerprint density at radius 2 is 2.11 bits per heavy atom. The van der Waals surface area contributed by atoms with E-state index in [9.17, 15) is 4.79 Å². The SMILES string of the molecule is CCC(CC)C(=O)NC1CCCOc2ccccc21. The minimum absolute atomic E-state index is 0.0896. The van der Waals surface area contributed by atoms with Crippen molar-refractivity contribution < 1.29 is 9.53 Å². The molecule has 3 nitrogen and oxygen atoms in total. The van der Waals surface area contributed by atoms with E-state index >= 15 is 0 Å². The Morgan fingerprint density at radius 1 is 1.37 bits per heavy atom. The van der Waals surface area contributed by atoms with Crippen LogP contribution in [0.25, 0.3) is 0 Å². The molecule has 1 aromatic carbocycles. The van der Waals surface area contributed by atoms with Crippen molar-refractivity contribution in [3.63, 3.8) is 0 Å². The molecule has 0 aromatic heterocycles. The van der Waals surface area contributed by atoms with Crippen LogP contribution < -0.4 is 10.1 Å². The second kappa shape index (κ2) is 6.60. The van der Waals surface area contributed by atoms with E-state index in [4.69, 9.17) is 4.74 Å². The van der Waals surface area contributed by atoms with Gasteiger partial charge >= 0.3 is 0 Å². The maximum absolute atomic E-state index is 12.2. The third-order valence-electron chi connectivity index (χ3n) is 3.86. The highest BCUT2D eigenvalue weighted by molar-refractivity contribution is 5.79. The second-order valence-corrected chi connectivity index (χ2v) is 5.10. The average Bonchev–Trinajstić information content (AvgIpc) is 2.63. The van der Waals surface area contributed by atoms with E-state index in [0.29, 0.717) is 0 Å². The molecule has 1 aliphatic heterocycles. The van der Waals surface area contributed by atoms with Gasteiger partial charge in [-0.05, 0) is 31.7 Å². The van der Waals surface area contributed by atoms with E-state index in [1.54, 1.807) is 0 Å². The van der Waals surface area contributed by atoms with Crippen LogP contribution in [-0.4, -0.2) is 12.5 Å². The van der Waals surface area contributed by atoms with E-state index in [1.165, 1.54) is 0 Å². The number of nitrogens with one attached hydrogen (secondary N) is 1. The first-order valence-electron chi connectivity index (χ1n) is 7.28. The number of hydrogen-bond donors (Lipinski definition) is 1. The first-order valence-corrected chi connectivity index (χ1v) is 7.28. The summed E-state index contributed by atoms with van der Waals surface area (Å²) >= 11 is 0. The highest BCUT2D eigenvalue weighted by Crippen LogP contribution is 2.31. The van der Waals surface area contributed by atoms with E-state index < -0.39 is 0 Å². The lowest BCUT2D eigenvalue weighted by Gasteiger charge is -2.21. The second-order valence-electron chi connectivity index (χ2n) is 5.10. The number of hydrogen-bond acceptors (Lipinski definition) is 2. The zero-order valence-electron chi connectivity index (χ0n) is 11.8. The zero-order valence-corrected chi connectivity index (χ0v) is 11.8. The Labute approximate surface area is 115 Å². The molecule has 1 aromatic rings. The van der Waals surface area contributed by atoms with Crippen molar-refractivity contribution in [2.75, 3.05) is 6.61 Å². The van der Waals surface area contributed by atoms with Crippen molar-refractivity contribution in [3.8, 4) is 5.75 Å². The molecule has 1 unspecified atom stereocenters. The molecule has 0 bridgehead atoms. The van der Waals surface area contributed by atoms with Crippen molar-refractivity contribution in [2.45, 2.75) is 45.6 Å². The molecule has 0 saturated heterocycles. The third-order valence-corrected chi connectivity index (χ3v) is 3.86. The molecular formula is C16H23NO2. The Kier molecular flexibility index (Phi) is 4.83. The number of rotatable bonds is 4. The maximum Gasteiger partial charge on any atom is 0.223 e. The average molecular weight is 261 g/mol. The van der Waals surface area contributed by atoms with E-state index in [2.05, 4.69) is 25.2 Å². The van der Waals surface area contributed by atoms with Gasteiger partial charge in [0.15, 0.2) is 0 Å². The summed E-state index contributed by atoms with van der Waals surface area (Å²) in [7, 11) is 0. The number of benzene rings is 1. The van der Waals surface area contributed by atoms with Gasteiger partial charge in [-0.3, -0.25) is 4.79 Å². The first kappa shape index (κ1) is 13.9. The molecule has 19 heavy (non-hydrogen) atoms. The topological polar surface area (TPSA) is 38.3 Å². The summed E-state index contributed by atoms with van der Waals surface area (Å²) in [5, 5.41) is 3.20. The smallest absolute Gasteiger partial charge is 0.223 e. The molecule has 0 radical (unpaired) electrons. The molecule has 2 rings (SSSR count). The van der Waals surface area contributed by atoms with Crippen molar-refractivity contribution in [1.29, 1.82) is 0 Å². The summed E-state index contributed by atoms with van der Waals surface area (Å²) in [5.74, 6) is 1.21. The van der Waals surface area contributed by atoms with Crippen molar-refractivity contribution >= 4 is 5.91 Å². The van der Waals surface area contributed by atoms with Gasteiger partial charge in [0.1, 0.15) is 5.75 Å². The Hall–Kier alpha value is -1.51. The lowest BCUT2D eigenvalue weighted by atomic mass is 9.98. The van der Waals surface area contributed by atoms with Crippen LogP contribution in [0.2, 0.25) is 0 Å². The zero-order chi connectivity index (χ0) is 13.7. The van der Waals surface area contributed by atoms with Crippen LogP contribution in [0.3, 0.4) is 0 Å². The largest absolute Gasteiger partial charge is 0.493 e. The fraction of sp³-hybridized carbons (Fsp3) is 0.562. The standard InChI is InChI=1S/C16H23NO2/c1-3-12(4-2)16(18)17-14-9-7-11-19-15-10-6-5-8-13(14)15/h5-6,8,10,12,14H,3-4,7,9,11H2,1-2H3,(H,17,18). The van der Waals surface area contributed by atoms with Crippen LogP contribution >= 0.6 is 0 Å². The van der Waals surface area contributed by atoms with Gasteiger partial charge in [-0.2, -0.15) is 0 Å². The Morgan fingerprint density at radius 3 is 2.84 bits per heavy atom. The van der Waals surface area contributed by atoms with Crippen LogP contribution in [0.15, 0.2) is 24.3 Å². The van der Waals surface area contributed by atoms with Crippen LogP contribution in [0.4, 0.5) is 0 Å². The first-order chi connectivity index (χ1) is 9.26. The molecule has 0 fully saturated rings. The lowest BCUT2D eigenvalue weighted by molar-refractivity contribution is -0.126. The highest BCUT2D eigenvalue weighted by Gasteiger charge is 2.23. The fourth-order valence-electron chi connectivity index (χ4n) is 2.62. The van der Waals surface area contributed by atoms with Crippen LogP contribution in [0.5, 0.6) is 5.75 Å². The number of ether oxygens (including phenoxy) is 1. The minimum atomic E-state index is 0.0896. The maximum atomic E-state index is 12.2. The lowest BCUT2D eigenvalue weighted by Crippen LogP contribution is -2.33. The molecule has 104 valence electrons. The van der Waals surface area contributed by atoms with Gasteiger partial charge in [-0.15, -0.1) is 0 Å². The molecule has 1 amide bonds. The Bertz CT molecular complexity index is 427. The summed E-state index contributed by atoms with van der Waals surface area (Å²) in [6.45, 7) is 4.87. The van der Waals surface area contributed by atoms with Crippen molar-refractivity contribution in [1.82, 2.24) is 5.32 Å². The van der Waals surface area contributed by atoms with Gasteiger partial charge in [0, 0.05) is 11.5 Å². The quantitative estimate of drug-likeness (QED) is 0.901. The number of fused-ring (bicyclic) bond motifs is 1. The number of amides is 1. The van der Waals surface area contributed by atoms with E-state index in [1.807, 2.05) is 18.2 Å². The van der Waals surface area contributed by atoms with Gasteiger partial charge in [0.05, 0.1) is 12.6 Å². The van der Waals surface area contributed by atoms with Crippen LogP contribution in [-0.2, 0) is 4.79 Å². The predicted molar refractivity (Wildman–Crippen MR) is 76.1 cm³/mol. The predicted octanol–water partition coefficient (Wildman–Crippen LogP) is 3.45. The highest BCUT2D eigenvalue weighted by atomic mass is 16.5. The molecule has 0 spiro atoms. The minimum Gasteiger partial charge on any atom is -0.493 e. The molecule has 1 heterocycles. The summed E-state index contributed by atoms with van der Waals surface area (Å²) in [4.78, 5) is 12.2. The third kappa shape index (κ3) is 3.28. The van der Waals surface area contributed by atoms with Crippen molar-refractivity contribution in [3.05, 3.63) is 29.8 Å². The molecular weight excluding hydrogens is 238 g/mol. The fourth-order valence-corrected chi connectivity index (χ4v) is 2.62. The van der Waals surface area contributed by atoms with Crippen LogP contribution in [0.1, 0.15) is 51.1 Å². The molecule has 1 N–H and O–H groups in total. The summed E-state index contributed by atoms with van der Waals surface area (Å²) < 4.78 is 5.72. The number of carbonyl (C=O) groups is 1. The van der Waals surface area contributed by atoms with Gasteiger partial charge in [-0.25, -0.2) is 0 Å². The Balaban J connectivity index is 2.14. The van der Waals surface area contributed by atoms with Gasteiger partial charge in [-0.1, -0.05) is 32.0 Å². The van der Waals surface area contributed by atoms with Crippen molar-refractivity contribution in [2.24, 2.45) is 5.92 Å². The molecule has 1 aliphatic rings. The van der Waals surface area contributed by atoms with Crippen LogP contribution in [0, 0.1) is 5.92 Å². The normalized spacial score (nSPS) is 18.4. The van der Waals surface area contributed by atoms with Gasteiger partial charge in [0.2, 0.25) is 5.91 Å². The summed E-state index contributed by atoms with van der Waals surface area (Å²) in [6.07, 6.45) is 3.71. The van der Waals surface area contributed by atoms with E-state index in [-0.39, 0.29) is 17.9 Å². The number of para-hydroxylation sites is 1. The summed E-state index contributed by atoms with van der Waals surface area (Å²) in [6, 6.07) is 8.11.